The van der Waals surface area contributed by atoms with Crippen molar-refractivity contribution in [1.29, 1.82) is 0 Å². The minimum Gasteiger partial charge on any atom is -0.326 e. The quantitative estimate of drug-likeness (QED) is 0.861. The maximum absolute atomic E-state index is 13.2. The first-order valence-corrected chi connectivity index (χ1v) is 10.4. The zero-order valence-corrected chi connectivity index (χ0v) is 15.2. The number of anilines is 1. The molecule has 2 aromatic rings. The van der Waals surface area contributed by atoms with Crippen molar-refractivity contribution < 1.29 is 17.6 Å². The molecule has 0 unspecified atom stereocenters. The van der Waals surface area contributed by atoms with Crippen molar-refractivity contribution in [2.75, 3.05) is 11.9 Å². The summed E-state index contributed by atoms with van der Waals surface area (Å²) in [4.78, 5) is 12.3. The van der Waals surface area contributed by atoms with E-state index in [2.05, 4.69) is 5.32 Å². The molecule has 3 rings (SSSR count). The average Bonchev–Trinajstić information content (AvgIpc) is 3.10. The molecule has 1 N–H and O–H groups in total. The van der Waals surface area contributed by atoms with Gasteiger partial charge in [0.1, 0.15) is 10.0 Å². The molecule has 0 spiro atoms. The molecule has 25 heavy (non-hydrogen) atoms. The van der Waals surface area contributed by atoms with Crippen LogP contribution in [-0.2, 0) is 14.8 Å². The Balaban J connectivity index is 1.72. The monoisotopic (exact) mass is 382 g/mol. The van der Waals surface area contributed by atoms with Gasteiger partial charge in [0.05, 0.1) is 0 Å². The van der Waals surface area contributed by atoms with Crippen molar-refractivity contribution in [2.45, 2.75) is 35.9 Å². The van der Waals surface area contributed by atoms with Gasteiger partial charge in [-0.1, -0.05) is 18.6 Å². The number of rotatable bonds is 5. The molecule has 1 aliphatic heterocycles. The molecule has 1 amide bonds. The fourth-order valence-electron chi connectivity index (χ4n) is 3.01. The Labute approximate surface area is 150 Å². The zero-order chi connectivity index (χ0) is 17.9. The Morgan fingerprint density at radius 3 is 2.84 bits per heavy atom. The molecule has 0 bridgehead atoms. The largest absolute Gasteiger partial charge is 0.326 e. The van der Waals surface area contributed by atoms with E-state index in [1.807, 2.05) is 0 Å². The van der Waals surface area contributed by atoms with Crippen LogP contribution in [0, 0.1) is 5.82 Å². The van der Waals surface area contributed by atoms with E-state index in [0.717, 1.165) is 12.8 Å². The topological polar surface area (TPSA) is 66.5 Å². The van der Waals surface area contributed by atoms with Crippen molar-refractivity contribution in [1.82, 2.24) is 4.31 Å². The summed E-state index contributed by atoms with van der Waals surface area (Å²) in [5.74, 6) is -0.749. The second-order valence-electron chi connectivity index (χ2n) is 5.96. The highest BCUT2D eigenvalue weighted by atomic mass is 32.2. The lowest BCUT2D eigenvalue weighted by Gasteiger charge is -2.34. The molecule has 5 nitrogen and oxygen atoms in total. The fourth-order valence-corrected chi connectivity index (χ4v) is 5.82. The zero-order valence-electron chi connectivity index (χ0n) is 13.5. The number of carbonyl (C=O) groups is 1. The molecule has 1 aromatic carbocycles. The molecule has 1 aliphatic rings. The van der Waals surface area contributed by atoms with Crippen LogP contribution in [0.5, 0.6) is 0 Å². The third-order valence-electron chi connectivity index (χ3n) is 4.16. The van der Waals surface area contributed by atoms with Crippen molar-refractivity contribution in [3.63, 3.8) is 0 Å². The summed E-state index contributed by atoms with van der Waals surface area (Å²) in [6.45, 7) is 0.415. The summed E-state index contributed by atoms with van der Waals surface area (Å²) >= 11 is 1.18. The van der Waals surface area contributed by atoms with Crippen LogP contribution in [-0.4, -0.2) is 31.2 Å². The van der Waals surface area contributed by atoms with E-state index in [4.69, 9.17) is 0 Å². The predicted octanol–water partition coefficient (Wildman–Crippen LogP) is 3.46. The molecule has 134 valence electrons. The van der Waals surface area contributed by atoms with Gasteiger partial charge >= 0.3 is 0 Å². The number of halogens is 1. The second kappa shape index (κ2) is 7.63. The Morgan fingerprint density at radius 2 is 2.12 bits per heavy atom. The van der Waals surface area contributed by atoms with E-state index in [1.54, 1.807) is 23.6 Å². The predicted molar refractivity (Wildman–Crippen MR) is 95.5 cm³/mol. The number of nitrogens with zero attached hydrogens (tertiary/aromatic N) is 1. The molecule has 8 heteroatoms. The van der Waals surface area contributed by atoms with Gasteiger partial charge in [0.2, 0.25) is 5.91 Å². The van der Waals surface area contributed by atoms with Crippen LogP contribution in [0.4, 0.5) is 10.1 Å². The number of hydrogen-bond acceptors (Lipinski definition) is 4. The van der Waals surface area contributed by atoms with Gasteiger partial charge in [-0.05, 0) is 42.5 Å². The first-order chi connectivity index (χ1) is 12.0. The lowest BCUT2D eigenvalue weighted by molar-refractivity contribution is -0.117. The maximum Gasteiger partial charge on any atom is 0.252 e. The van der Waals surface area contributed by atoms with E-state index in [-0.39, 0.29) is 18.4 Å². The van der Waals surface area contributed by atoms with Crippen molar-refractivity contribution >= 4 is 33.0 Å². The van der Waals surface area contributed by atoms with Gasteiger partial charge in [0.15, 0.2) is 0 Å². The number of piperidine rings is 1. The summed E-state index contributed by atoms with van der Waals surface area (Å²) < 4.78 is 40.5. The third kappa shape index (κ3) is 4.26. The number of amides is 1. The van der Waals surface area contributed by atoms with E-state index in [0.29, 0.717) is 22.9 Å². The number of carbonyl (C=O) groups excluding carboxylic acids is 1. The molecule has 1 aromatic heterocycles. The van der Waals surface area contributed by atoms with E-state index >= 15 is 0 Å². The molecule has 0 radical (unpaired) electrons. The summed E-state index contributed by atoms with van der Waals surface area (Å²) in [6.07, 6.45) is 2.36. The molecular formula is C17H19FN2O3S2. The molecule has 2 heterocycles. The van der Waals surface area contributed by atoms with Gasteiger partial charge in [0, 0.05) is 24.7 Å². The molecule has 0 saturated carbocycles. The molecular weight excluding hydrogens is 363 g/mol. The normalized spacial score (nSPS) is 18.8. The van der Waals surface area contributed by atoms with Crippen molar-refractivity contribution in [3.8, 4) is 0 Å². The Kier molecular flexibility index (Phi) is 5.51. The van der Waals surface area contributed by atoms with Gasteiger partial charge in [0.25, 0.3) is 10.0 Å². The molecule has 0 aliphatic carbocycles. The van der Waals surface area contributed by atoms with Crippen LogP contribution in [0.25, 0.3) is 0 Å². The van der Waals surface area contributed by atoms with Gasteiger partial charge in [-0.2, -0.15) is 4.31 Å². The molecule has 1 saturated heterocycles. The standard InChI is InChI=1S/C17H19FN2O3S2/c18-13-5-3-6-14(11-13)19-16(21)12-15-7-1-2-9-20(15)25(22,23)17-8-4-10-24-17/h3-6,8,10-11,15H,1-2,7,9,12H2,(H,19,21)/t15-/m0/s1. The Hall–Kier alpha value is -1.77. The van der Waals surface area contributed by atoms with Crippen LogP contribution < -0.4 is 5.32 Å². The first kappa shape index (κ1) is 18.0. The van der Waals surface area contributed by atoms with Crippen LogP contribution in [0.3, 0.4) is 0 Å². The highest BCUT2D eigenvalue weighted by Crippen LogP contribution is 2.29. The summed E-state index contributed by atoms with van der Waals surface area (Å²) in [5, 5.41) is 4.36. The number of nitrogens with one attached hydrogen (secondary N) is 1. The van der Waals surface area contributed by atoms with Crippen molar-refractivity contribution in [2.24, 2.45) is 0 Å². The molecule has 1 fully saturated rings. The van der Waals surface area contributed by atoms with Gasteiger partial charge < -0.3 is 5.32 Å². The van der Waals surface area contributed by atoms with Gasteiger partial charge in [-0.15, -0.1) is 11.3 Å². The van der Waals surface area contributed by atoms with E-state index < -0.39 is 15.8 Å². The van der Waals surface area contributed by atoms with Crippen LogP contribution >= 0.6 is 11.3 Å². The van der Waals surface area contributed by atoms with Crippen LogP contribution in [0.1, 0.15) is 25.7 Å². The minimum absolute atomic E-state index is 0.0567. The summed E-state index contributed by atoms with van der Waals surface area (Å²) in [7, 11) is -3.58. The van der Waals surface area contributed by atoms with Gasteiger partial charge in [-0.3, -0.25) is 4.79 Å². The second-order valence-corrected chi connectivity index (χ2v) is 9.03. The average molecular weight is 382 g/mol. The Morgan fingerprint density at radius 1 is 1.28 bits per heavy atom. The van der Waals surface area contributed by atoms with E-state index in [9.17, 15) is 17.6 Å². The smallest absolute Gasteiger partial charge is 0.252 e. The number of sulfonamides is 1. The minimum atomic E-state index is -3.58. The fraction of sp³-hybridized carbons (Fsp3) is 0.353. The highest BCUT2D eigenvalue weighted by Gasteiger charge is 2.35. The number of benzene rings is 1. The van der Waals surface area contributed by atoms with E-state index in [1.165, 1.54) is 33.8 Å². The summed E-state index contributed by atoms with van der Waals surface area (Å²) in [6, 6.07) is 8.55. The van der Waals surface area contributed by atoms with Crippen molar-refractivity contribution in [3.05, 3.63) is 47.6 Å². The SMILES string of the molecule is O=C(C[C@@H]1CCCCN1S(=O)(=O)c1cccs1)Nc1cccc(F)c1. The lowest BCUT2D eigenvalue weighted by atomic mass is 10.0. The molecule has 1 atom stereocenters. The lowest BCUT2D eigenvalue weighted by Crippen LogP contribution is -2.45. The maximum atomic E-state index is 13.2. The number of hydrogen-bond donors (Lipinski definition) is 1. The number of thiophene rings is 1. The first-order valence-electron chi connectivity index (χ1n) is 8.07. The summed E-state index contributed by atoms with van der Waals surface area (Å²) in [5.41, 5.74) is 0.369. The van der Waals surface area contributed by atoms with Crippen LogP contribution in [0.2, 0.25) is 0 Å². The third-order valence-corrected chi connectivity index (χ3v) is 7.49. The van der Waals surface area contributed by atoms with Gasteiger partial charge in [-0.25, -0.2) is 12.8 Å². The Bertz CT molecular complexity index is 837. The van der Waals surface area contributed by atoms with Crippen LogP contribution in [0.15, 0.2) is 46.0 Å². The highest BCUT2D eigenvalue weighted by molar-refractivity contribution is 7.91.